The molecule has 0 saturated carbocycles. The van der Waals surface area contributed by atoms with Gasteiger partial charge in [-0.1, -0.05) is 30.0 Å². The molecule has 1 aromatic carbocycles. The number of esters is 1. The summed E-state index contributed by atoms with van der Waals surface area (Å²) in [5.74, 6) is 0.605. The Morgan fingerprint density at radius 3 is 2.65 bits per heavy atom. The summed E-state index contributed by atoms with van der Waals surface area (Å²) in [7, 11) is 0. The van der Waals surface area contributed by atoms with E-state index in [0.717, 1.165) is 0 Å². The number of amides is 1. The van der Waals surface area contributed by atoms with Crippen LogP contribution in [0.25, 0.3) is 0 Å². The Labute approximate surface area is 155 Å². The summed E-state index contributed by atoms with van der Waals surface area (Å²) in [6, 6.07) is 9.27. The summed E-state index contributed by atoms with van der Waals surface area (Å²) in [5, 5.41) is 10.0. The Morgan fingerprint density at radius 1 is 1.23 bits per heavy atom. The van der Waals surface area contributed by atoms with Crippen molar-refractivity contribution >= 4 is 23.6 Å². The minimum Gasteiger partial charge on any atom is -0.486 e. The Balaban J connectivity index is 1.78. The zero-order valence-electron chi connectivity index (χ0n) is 14.8. The fourth-order valence-electron chi connectivity index (χ4n) is 2.35. The molecule has 0 saturated heterocycles. The molecule has 0 bridgehead atoms. The standard InChI is InChI=1S/C17H20N4O4S/c1-17(2,3)25-15(23)9-20-14(22)11-26-16-19-18-13(21(16)20)10-24-12-7-5-4-6-8-12/h4-8H,9-11H2,1-3H3. The van der Waals surface area contributed by atoms with Crippen molar-refractivity contribution in [2.75, 3.05) is 17.3 Å². The zero-order chi connectivity index (χ0) is 18.7. The molecule has 1 amide bonds. The summed E-state index contributed by atoms with van der Waals surface area (Å²) in [6.07, 6.45) is 0. The minimum absolute atomic E-state index is 0.121. The van der Waals surface area contributed by atoms with E-state index in [4.69, 9.17) is 9.47 Å². The SMILES string of the molecule is CC(C)(C)OC(=O)CN1C(=O)CSc2nnc(COc3ccccc3)n21. The smallest absolute Gasteiger partial charge is 0.328 e. The monoisotopic (exact) mass is 376 g/mol. The van der Waals surface area contributed by atoms with Gasteiger partial charge in [-0.05, 0) is 32.9 Å². The first kappa shape index (κ1) is 18.2. The third-order valence-corrected chi connectivity index (χ3v) is 4.24. The van der Waals surface area contributed by atoms with Crippen LogP contribution in [-0.2, 0) is 20.9 Å². The highest BCUT2D eigenvalue weighted by Gasteiger charge is 2.32. The first-order valence-corrected chi connectivity index (χ1v) is 9.09. The molecule has 1 aliphatic heterocycles. The lowest BCUT2D eigenvalue weighted by molar-refractivity contribution is -0.154. The molecule has 1 aliphatic rings. The summed E-state index contributed by atoms with van der Waals surface area (Å²) >= 11 is 1.27. The van der Waals surface area contributed by atoms with Crippen molar-refractivity contribution in [3.63, 3.8) is 0 Å². The second-order valence-electron chi connectivity index (χ2n) is 6.64. The van der Waals surface area contributed by atoms with Crippen molar-refractivity contribution in [3.05, 3.63) is 36.2 Å². The number of fused-ring (bicyclic) bond motifs is 1. The van der Waals surface area contributed by atoms with Crippen LogP contribution < -0.4 is 9.75 Å². The Kier molecular flexibility index (Phi) is 5.17. The number of nitrogens with zero attached hydrogens (tertiary/aromatic N) is 4. The van der Waals surface area contributed by atoms with Crippen LogP contribution in [0, 0.1) is 0 Å². The highest BCUT2D eigenvalue weighted by Crippen LogP contribution is 2.24. The minimum atomic E-state index is -0.625. The van der Waals surface area contributed by atoms with Gasteiger partial charge in [0.2, 0.25) is 5.16 Å². The second kappa shape index (κ2) is 7.36. The van der Waals surface area contributed by atoms with Gasteiger partial charge in [-0.2, -0.15) is 0 Å². The molecule has 0 atom stereocenters. The fraction of sp³-hybridized carbons (Fsp3) is 0.412. The van der Waals surface area contributed by atoms with Gasteiger partial charge >= 0.3 is 5.97 Å². The molecule has 0 spiro atoms. The quantitative estimate of drug-likeness (QED) is 0.735. The van der Waals surface area contributed by atoms with Crippen LogP contribution in [0.3, 0.4) is 0 Å². The normalized spacial score (nSPS) is 14.1. The topological polar surface area (TPSA) is 86.6 Å². The molecule has 1 aromatic heterocycles. The van der Waals surface area contributed by atoms with E-state index < -0.39 is 11.6 Å². The van der Waals surface area contributed by atoms with E-state index in [1.807, 2.05) is 30.3 Å². The van der Waals surface area contributed by atoms with E-state index in [1.165, 1.54) is 21.4 Å². The summed E-state index contributed by atoms with van der Waals surface area (Å²) in [5.41, 5.74) is -0.625. The molecule has 3 rings (SSSR count). The number of para-hydroxylation sites is 1. The number of thioether (sulfide) groups is 1. The van der Waals surface area contributed by atoms with Crippen LogP contribution in [0.2, 0.25) is 0 Å². The van der Waals surface area contributed by atoms with Gasteiger partial charge < -0.3 is 9.47 Å². The molecule has 9 heteroatoms. The molecule has 0 radical (unpaired) electrons. The van der Waals surface area contributed by atoms with Crippen molar-refractivity contribution < 1.29 is 19.1 Å². The maximum absolute atomic E-state index is 12.4. The molecule has 8 nitrogen and oxygen atoms in total. The Hall–Kier alpha value is -2.55. The third-order valence-electron chi connectivity index (χ3n) is 3.34. The van der Waals surface area contributed by atoms with Gasteiger partial charge in [0.05, 0.1) is 5.75 Å². The lowest BCUT2D eigenvalue weighted by Crippen LogP contribution is -2.49. The lowest BCUT2D eigenvalue weighted by Gasteiger charge is -2.29. The molecule has 2 heterocycles. The van der Waals surface area contributed by atoms with Gasteiger partial charge in [-0.15, -0.1) is 10.2 Å². The number of ether oxygens (including phenoxy) is 2. The number of aromatic nitrogens is 3. The first-order valence-electron chi connectivity index (χ1n) is 8.11. The molecule has 0 N–H and O–H groups in total. The number of carbonyl (C=O) groups is 2. The zero-order valence-corrected chi connectivity index (χ0v) is 15.7. The molecule has 138 valence electrons. The van der Waals surface area contributed by atoms with E-state index in [1.54, 1.807) is 20.8 Å². The van der Waals surface area contributed by atoms with E-state index >= 15 is 0 Å². The number of carbonyl (C=O) groups excluding carboxylic acids is 2. The Bertz CT molecular complexity index is 801. The maximum Gasteiger partial charge on any atom is 0.328 e. The van der Waals surface area contributed by atoms with Crippen LogP contribution in [0.1, 0.15) is 26.6 Å². The average molecular weight is 376 g/mol. The van der Waals surface area contributed by atoms with E-state index in [2.05, 4.69) is 10.2 Å². The van der Waals surface area contributed by atoms with Crippen LogP contribution in [-0.4, -0.2) is 44.6 Å². The number of rotatable bonds is 5. The highest BCUT2D eigenvalue weighted by molar-refractivity contribution is 7.99. The number of hydrogen-bond acceptors (Lipinski definition) is 7. The van der Waals surface area contributed by atoms with Gasteiger partial charge in [0.15, 0.2) is 5.82 Å². The van der Waals surface area contributed by atoms with Crippen molar-refractivity contribution in [3.8, 4) is 5.75 Å². The summed E-state index contributed by atoms with van der Waals surface area (Å²) in [6.45, 7) is 5.25. The van der Waals surface area contributed by atoms with Crippen LogP contribution >= 0.6 is 11.8 Å². The van der Waals surface area contributed by atoms with E-state index in [-0.39, 0.29) is 24.8 Å². The molecule has 26 heavy (non-hydrogen) atoms. The summed E-state index contributed by atoms with van der Waals surface area (Å²) < 4.78 is 12.6. The summed E-state index contributed by atoms with van der Waals surface area (Å²) in [4.78, 5) is 24.5. The second-order valence-corrected chi connectivity index (χ2v) is 7.58. The fourth-order valence-corrected chi connectivity index (χ4v) is 3.18. The van der Waals surface area contributed by atoms with Crippen molar-refractivity contribution in [2.24, 2.45) is 0 Å². The molecule has 0 unspecified atom stereocenters. The molecule has 0 fully saturated rings. The van der Waals surface area contributed by atoms with E-state index in [9.17, 15) is 9.59 Å². The first-order chi connectivity index (χ1) is 12.3. The predicted molar refractivity (Wildman–Crippen MR) is 95.5 cm³/mol. The van der Waals surface area contributed by atoms with Crippen LogP contribution in [0.5, 0.6) is 5.75 Å². The van der Waals surface area contributed by atoms with Gasteiger partial charge in [0, 0.05) is 0 Å². The number of benzene rings is 1. The maximum atomic E-state index is 12.4. The third kappa shape index (κ3) is 4.34. The number of hydrogen-bond donors (Lipinski definition) is 0. The van der Waals surface area contributed by atoms with Gasteiger partial charge in [-0.25, -0.2) is 9.69 Å². The van der Waals surface area contributed by atoms with Crippen molar-refractivity contribution in [2.45, 2.75) is 38.1 Å². The van der Waals surface area contributed by atoms with Gasteiger partial charge in [0.1, 0.15) is 24.5 Å². The highest BCUT2D eigenvalue weighted by atomic mass is 32.2. The molecular weight excluding hydrogens is 356 g/mol. The molecule has 0 aliphatic carbocycles. The average Bonchev–Trinajstić information content (AvgIpc) is 2.98. The lowest BCUT2D eigenvalue weighted by atomic mass is 10.2. The van der Waals surface area contributed by atoms with Crippen molar-refractivity contribution in [1.29, 1.82) is 0 Å². The molecular formula is C17H20N4O4S. The Morgan fingerprint density at radius 2 is 1.96 bits per heavy atom. The largest absolute Gasteiger partial charge is 0.486 e. The van der Waals surface area contributed by atoms with Gasteiger partial charge in [-0.3, -0.25) is 9.59 Å². The van der Waals surface area contributed by atoms with E-state index in [0.29, 0.717) is 16.7 Å². The van der Waals surface area contributed by atoms with Crippen LogP contribution in [0.15, 0.2) is 35.5 Å². The van der Waals surface area contributed by atoms with Gasteiger partial charge in [0.25, 0.3) is 5.91 Å². The van der Waals surface area contributed by atoms with Crippen molar-refractivity contribution in [1.82, 2.24) is 14.9 Å². The van der Waals surface area contributed by atoms with Crippen LogP contribution in [0.4, 0.5) is 0 Å². The molecule has 2 aromatic rings. The predicted octanol–water partition coefficient (Wildman–Crippen LogP) is 1.77.